The molecule has 3 heterocycles. The summed E-state index contributed by atoms with van der Waals surface area (Å²) in [7, 11) is 0. The van der Waals surface area contributed by atoms with Crippen LogP contribution in [-0.4, -0.2) is 15.0 Å². The van der Waals surface area contributed by atoms with Crippen molar-refractivity contribution in [3.05, 3.63) is 48.0 Å². The third kappa shape index (κ3) is 2.12. The zero-order valence-corrected chi connectivity index (χ0v) is 9.96. The van der Waals surface area contributed by atoms with Crippen molar-refractivity contribution in [3.8, 4) is 5.75 Å². The molecule has 0 aliphatic rings. The minimum Gasteiger partial charge on any atom is -0.484 e. The molecule has 0 saturated heterocycles. The Hall–Kier alpha value is -2.14. The van der Waals surface area contributed by atoms with E-state index in [2.05, 4.69) is 15.0 Å². The Kier molecular flexibility index (Phi) is 2.82. The van der Waals surface area contributed by atoms with Crippen LogP contribution in [0.1, 0.15) is 5.76 Å². The van der Waals surface area contributed by atoms with Gasteiger partial charge in [-0.15, -0.1) is 0 Å². The molecule has 3 aromatic rings. The van der Waals surface area contributed by atoms with Crippen molar-refractivity contribution < 1.29 is 9.15 Å². The largest absolute Gasteiger partial charge is 0.484 e. The highest BCUT2D eigenvalue weighted by atomic mass is 35.5. The van der Waals surface area contributed by atoms with Crippen molar-refractivity contribution in [1.82, 2.24) is 15.0 Å². The van der Waals surface area contributed by atoms with E-state index in [1.165, 1.54) is 6.39 Å². The van der Waals surface area contributed by atoms with Crippen LogP contribution >= 0.6 is 11.6 Å². The SMILES string of the molecule is Clc1nccc2cc(OCc3cnco3)cnc12. The third-order valence-electron chi connectivity index (χ3n) is 2.39. The Morgan fingerprint density at radius 2 is 2.22 bits per heavy atom. The van der Waals surface area contributed by atoms with E-state index in [9.17, 15) is 0 Å². The van der Waals surface area contributed by atoms with Crippen molar-refractivity contribution in [3.63, 3.8) is 0 Å². The van der Waals surface area contributed by atoms with E-state index < -0.39 is 0 Å². The molecule has 0 aliphatic carbocycles. The van der Waals surface area contributed by atoms with Gasteiger partial charge >= 0.3 is 0 Å². The molecule has 0 N–H and O–H groups in total. The normalized spacial score (nSPS) is 10.7. The molecule has 0 atom stereocenters. The highest BCUT2D eigenvalue weighted by Gasteiger charge is 2.04. The molecule has 0 aromatic carbocycles. The first-order valence-corrected chi connectivity index (χ1v) is 5.61. The molecule has 0 aliphatic heterocycles. The Labute approximate surface area is 107 Å². The summed E-state index contributed by atoms with van der Waals surface area (Å²) in [6, 6.07) is 3.68. The van der Waals surface area contributed by atoms with Crippen LogP contribution in [0.5, 0.6) is 5.75 Å². The summed E-state index contributed by atoms with van der Waals surface area (Å²) in [5.41, 5.74) is 0.659. The lowest BCUT2D eigenvalue weighted by Crippen LogP contribution is -1.94. The summed E-state index contributed by atoms with van der Waals surface area (Å²) in [4.78, 5) is 12.0. The Morgan fingerprint density at radius 3 is 3.06 bits per heavy atom. The van der Waals surface area contributed by atoms with Crippen LogP contribution in [-0.2, 0) is 6.61 Å². The number of oxazole rings is 1. The van der Waals surface area contributed by atoms with E-state index in [4.69, 9.17) is 20.8 Å². The van der Waals surface area contributed by atoms with Crippen molar-refractivity contribution in [2.75, 3.05) is 0 Å². The molecule has 0 unspecified atom stereocenters. The van der Waals surface area contributed by atoms with Gasteiger partial charge in [-0.1, -0.05) is 11.6 Å². The second kappa shape index (κ2) is 4.62. The molecule has 90 valence electrons. The average molecular weight is 262 g/mol. The monoisotopic (exact) mass is 261 g/mol. The number of ether oxygens (including phenoxy) is 1. The molecule has 6 heteroatoms. The van der Waals surface area contributed by atoms with Crippen LogP contribution in [0.15, 0.2) is 41.5 Å². The maximum atomic E-state index is 5.93. The molecule has 3 aromatic heterocycles. The van der Waals surface area contributed by atoms with Crippen molar-refractivity contribution in [1.29, 1.82) is 0 Å². The van der Waals surface area contributed by atoms with Gasteiger partial charge < -0.3 is 9.15 Å². The lowest BCUT2D eigenvalue weighted by Gasteiger charge is -2.05. The number of hydrogen-bond donors (Lipinski definition) is 0. The van der Waals surface area contributed by atoms with Gasteiger partial charge in [0, 0.05) is 11.6 Å². The molecular formula is C12H8ClN3O2. The highest BCUT2D eigenvalue weighted by molar-refractivity contribution is 6.33. The van der Waals surface area contributed by atoms with E-state index in [1.807, 2.05) is 12.1 Å². The number of pyridine rings is 2. The van der Waals surface area contributed by atoms with Gasteiger partial charge in [-0.25, -0.2) is 15.0 Å². The smallest absolute Gasteiger partial charge is 0.181 e. The van der Waals surface area contributed by atoms with E-state index in [-0.39, 0.29) is 0 Å². The fourth-order valence-corrected chi connectivity index (χ4v) is 1.77. The van der Waals surface area contributed by atoms with Crippen LogP contribution in [0, 0.1) is 0 Å². The van der Waals surface area contributed by atoms with Gasteiger partial charge in [0.15, 0.2) is 17.3 Å². The fraction of sp³-hybridized carbons (Fsp3) is 0.0833. The Morgan fingerprint density at radius 1 is 1.28 bits per heavy atom. The number of hydrogen-bond acceptors (Lipinski definition) is 5. The molecule has 0 saturated carbocycles. The van der Waals surface area contributed by atoms with Gasteiger partial charge in [-0.05, 0) is 12.1 Å². The number of rotatable bonds is 3. The maximum absolute atomic E-state index is 5.93. The first kappa shape index (κ1) is 11.0. The first-order valence-electron chi connectivity index (χ1n) is 5.23. The third-order valence-corrected chi connectivity index (χ3v) is 2.67. The van der Waals surface area contributed by atoms with E-state index in [0.29, 0.717) is 28.8 Å². The van der Waals surface area contributed by atoms with E-state index in [0.717, 1.165) is 5.39 Å². The second-order valence-electron chi connectivity index (χ2n) is 3.60. The van der Waals surface area contributed by atoms with Crippen molar-refractivity contribution in [2.45, 2.75) is 6.61 Å². The zero-order chi connectivity index (χ0) is 12.4. The van der Waals surface area contributed by atoms with Crippen molar-refractivity contribution in [2.24, 2.45) is 0 Å². The quantitative estimate of drug-likeness (QED) is 0.679. The van der Waals surface area contributed by atoms with E-state index in [1.54, 1.807) is 18.6 Å². The molecule has 0 radical (unpaired) electrons. The molecule has 0 spiro atoms. The number of nitrogens with zero attached hydrogens (tertiary/aromatic N) is 3. The zero-order valence-electron chi connectivity index (χ0n) is 9.21. The summed E-state index contributed by atoms with van der Waals surface area (Å²) < 4.78 is 10.6. The fourth-order valence-electron chi connectivity index (χ4n) is 1.55. The molecule has 0 bridgehead atoms. The van der Waals surface area contributed by atoms with Crippen LogP contribution in [0.2, 0.25) is 5.15 Å². The van der Waals surface area contributed by atoms with Crippen LogP contribution in [0.4, 0.5) is 0 Å². The second-order valence-corrected chi connectivity index (χ2v) is 3.96. The van der Waals surface area contributed by atoms with Crippen LogP contribution in [0.3, 0.4) is 0 Å². The Balaban J connectivity index is 1.85. The number of halogens is 1. The van der Waals surface area contributed by atoms with Gasteiger partial charge in [0.1, 0.15) is 17.9 Å². The Bertz CT molecular complexity index is 670. The van der Waals surface area contributed by atoms with Gasteiger partial charge in [-0.2, -0.15) is 0 Å². The van der Waals surface area contributed by atoms with Crippen LogP contribution in [0.25, 0.3) is 10.9 Å². The van der Waals surface area contributed by atoms with Crippen LogP contribution < -0.4 is 4.74 Å². The van der Waals surface area contributed by atoms with Gasteiger partial charge in [0.05, 0.1) is 12.4 Å². The minimum atomic E-state index is 0.312. The molecule has 0 amide bonds. The lowest BCUT2D eigenvalue weighted by atomic mass is 10.2. The first-order chi connectivity index (χ1) is 8.83. The van der Waals surface area contributed by atoms with Gasteiger partial charge in [0.2, 0.25) is 0 Å². The molecule has 18 heavy (non-hydrogen) atoms. The van der Waals surface area contributed by atoms with E-state index >= 15 is 0 Å². The standard InChI is InChI=1S/C12H8ClN3O2/c13-12-11-8(1-2-15-12)3-9(5-16-11)17-6-10-4-14-7-18-10/h1-5,7H,6H2. The van der Waals surface area contributed by atoms with Gasteiger partial charge in [0.25, 0.3) is 0 Å². The highest BCUT2D eigenvalue weighted by Crippen LogP contribution is 2.23. The van der Waals surface area contributed by atoms with Crippen molar-refractivity contribution >= 4 is 22.5 Å². The average Bonchev–Trinajstić information content (AvgIpc) is 2.90. The molecular weight excluding hydrogens is 254 g/mol. The molecule has 0 fully saturated rings. The maximum Gasteiger partial charge on any atom is 0.181 e. The molecule has 5 nitrogen and oxygen atoms in total. The summed E-state index contributed by atoms with van der Waals surface area (Å²) in [5, 5.41) is 1.26. The number of aromatic nitrogens is 3. The molecule has 3 rings (SSSR count). The summed E-state index contributed by atoms with van der Waals surface area (Å²) in [5.74, 6) is 1.30. The topological polar surface area (TPSA) is 61.0 Å². The lowest BCUT2D eigenvalue weighted by molar-refractivity contribution is 0.269. The minimum absolute atomic E-state index is 0.312. The summed E-state index contributed by atoms with van der Waals surface area (Å²) >= 11 is 5.93. The summed E-state index contributed by atoms with van der Waals surface area (Å²) in [6.07, 6.45) is 6.21. The predicted octanol–water partition coefficient (Wildman–Crippen LogP) is 2.85. The van der Waals surface area contributed by atoms with Gasteiger partial charge in [-0.3, -0.25) is 0 Å². The predicted molar refractivity (Wildman–Crippen MR) is 65.4 cm³/mol. The number of fused-ring (bicyclic) bond motifs is 1. The summed E-state index contributed by atoms with van der Waals surface area (Å²) in [6.45, 7) is 0.312.